The van der Waals surface area contributed by atoms with Gasteiger partial charge in [-0.05, 0) is 55.5 Å². The summed E-state index contributed by atoms with van der Waals surface area (Å²) in [6, 6.07) is 15.6. The summed E-state index contributed by atoms with van der Waals surface area (Å²) in [7, 11) is 0. The molecule has 8 heteroatoms. The smallest absolute Gasteiger partial charge is 0.295 e. The Hall–Kier alpha value is -2.93. The minimum atomic E-state index is -0.504. The molecule has 0 amide bonds. The minimum Gasteiger partial charge on any atom is -0.448 e. The number of fused-ring (bicyclic) bond motifs is 1. The Morgan fingerprint density at radius 1 is 1.11 bits per heavy atom. The standard InChI is InChI=1S/C19H19ClN6O/c1-19(2,3)26-17(23-24-25-26)16-14-10-9-12(20)11-15(14)22-18(27-16)21-13-7-5-4-6-8-13/h4-11,16H,1-3H3,(H,21,22). The summed E-state index contributed by atoms with van der Waals surface area (Å²) in [5.74, 6) is 0.605. The van der Waals surface area contributed by atoms with E-state index in [4.69, 9.17) is 16.3 Å². The van der Waals surface area contributed by atoms with Crippen LogP contribution in [0.2, 0.25) is 5.02 Å². The first-order chi connectivity index (χ1) is 12.9. The average Bonchev–Trinajstić information content (AvgIpc) is 3.11. The number of benzene rings is 2. The van der Waals surface area contributed by atoms with E-state index in [9.17, 15) is 0 Å². The number of para-hydroxylation sites is 1. The number of ether oxygens (including phenoxy) is 1. The van der Waals surface area contributed by atoms with Gasteiger partial charge in [0.1, 0.15) is 0 Å². The largest absolute Gasteiger partial charge is 0.448 e. The highest BCUT2D eigenvalue weighted by molar-refractivity contribution is 6.30. The number of rotatable bonds is 2. The molecule has 138 valence electrons. The normalized spacial score (nSPS) is 16.3. The summed E-state index contributed by atoms with van der Waals surface area (Å²) < 4.78 is 7.93. The van der Waals surface area contributed by atoms with Gasteiger partial charge in [0.05, 0.1) is 11.2 Å². The Bertz CT molecular complexity index is 993. The van der Waals surface area contributed by atoms with Crippen LogP contribution in [0.5, 0.6) is 0 Å². The molecule has 0 bridgehead atoms. The first-order valence-corrected chi connectivity index (χ1v) is 8.95. The summed E-state index contributed by atoms with van der Waals surface area (Å²) >= 11 is 6.19. The van der Waals surface area contributed by atoms with Gasteiger partial charge in [0.15, 0.2) is 11.9 Å². The highest BCUT2D eigenvalue weighted by Gasteiger charge is 2.33. The molecule has 1 aliphatic rings. The molecule has 0 radical (unpaired) electrons. The second-order valence-electron chi connectivity index (χ2n) is 7.23. The lowest BCUT2D eigenvalue weighted by Gasteiger charge is -2.28. The van der Waals surface area contributed by atoms with Crippen LogP contribution in [0.4, 0.5) is 11.4 Å². The Morgan fingerprint density at radius 2 is 1.89 bits per heavy atom. The zero-order chi connectivity index (χ0) is 19.0. The van der Waals surface area contributed by atoms with Crippen molar-refractivity contribution in [3.8, 4) is 0 Å². The van der Waals surface area contributed by atoms with Crippen molar-refractivity contribution >= 4 is 29.0 Å². The van der Waals surface area contributed by atoms with Crippen molar-refractivity contribution in [3.05, 3.63) is 64.9 Å². The van der Waals surface area contributed by atoms with E-state index in [0.29, 0.717) is 16.9 Å². The summed E-state index contributed by atoms with van der Waals surface area (Å²) in [6.45, 7) is 6.11. The van der Waals surface area contributed by atoms with Crippen molar-refractivity contribution in [1.29, 1.82) is 0 Å². The van der Waals surface area contributed by atoms with Gasteiger partial charge in [-0.1, -0.05) is 35.9 Å². The minimum absolute atomic E-state index is 0.295. The van der Waals surface area contributed by atoms with Crippen LogP contribution in [0.3, 0.4) is 0 Å². The number of amidine groups is 1. The summed E-state index contributed by atoms with van der Waals surface area (Å²) in [5, 5.41) is 16.0. The first kappa shape index (κ1) is 17.5. The summed E-state index contributed by atoms with van der Waals surface area (Å²) in [4.78, 5) is 4.57. The van der Waals surface area contributed by atoms with Crippen molar-refractivity contribution < 1.29 is 4.74 Å². The average molecular weight is 383 g/mol. The predicted octanol–water partition coefficient (Wildman–Crippen LogP) is 4.30. The third kappa shape index (κ3) is 3.50. The lowest BCUT2D eigenvalue weighted by Crippen LogP contribution is -2.30. The molecule has 0 aliphatic carbocycles. The zero-order valence-corrected chi connectivity index (χ0v) is 16.0. The number of halogens is 1. The topological polar surface area (TPSA) is 77.2 Å². The molecule has 7 nitrogen and oxygen atoms in total. The van der Waals surface area contributed by atoms with E-state index in [0.717, 1.165) is 16.9 Å². The maximum absolute atomic E-state index is 6.19. The summed E-state index contributed by atoms with van der Waals surface area (Å²) in [6.07, 6.45) is -0.504. The van der Waals surface area contributed by atoms with Crippen molar-refractivity contribution in [1.82, 2.24) is 20.2 Å². The fraction of sp³-hybridized carbons (Fsp3) is 0.263. The molecular formula is C19H19ClN6O. The molecule has 1 unspecified atom stereocenters. The number of aromatic nitrogens is 4. The van der Waals surface area contributed by atoms with E-state index in [-0.39, 0.29) is 5.54 Å². The Labute approximate surface area is 162 Å². The molecule has 27 heavy (non-hydrogen) atoms. The number of tetrazole rings is 1. The number of hydrogen-bond donors (Lipinski definition) is 1. The number of hydrogen-bond acceptors (Lipinski definition) is 6. The predicted molar refractivity (Wildman–Crippen MR) is 104 cm³/mol. The van der Waals surface area contributed by atoms with Crippen molar-refractivity contribution in [3.63, 3.8) is 0 Å². The molecule has 0 saturated heterocycles. The molecule has 0 fully saturated rings. The molecule has 4 rings (SSSR count). The molecule has 1 aromatic heterocycles. The van der Waals surface area contributed by atoms with Gasteiger partial charge < -0.3 is 10.1 Å². The van der Waals surface area contributed by atoms with Crippen LogP contribution in [-0.2, 0) is 10.3 Å². The maximum atomic E-state index is 6.19. The van der Waals surface area contributed by atoms with Crippen LogP contribution < -0.4 is 5.32 Å². The van der Waals surface area contributed by atoms with Crippen LogP contribution in [0, 0.1) is 0 Å². The summed E-state index contributed by atoms with van der Waals surface area (Å²) in [5.41, 5.74) is 2.16. The van der Waals surface area contributed by atoms with Crippen LogP contribution in [0.1, 0.15) is 38.3 Å². The number of aliphatic imine (C=N–C) groups is 1. The van der Waals surface area contributed by atoms with Crippen LogP contribution in [0.25, 0.3) is 0 Å². The van der Waals surface area contributed by atoms with Crippen molar-refractivity contribution in [2.24, 2.45) is 4.99 Å². The van der Waals surface area contributed by atoms with Gasteiger partial charge in [-0.3, -0.25) is 0 Å². The Morgan fingerprint density at radius 3 is 2.63 bits per heavy atom. The lowest BCUT2D eigenvalue weighted by molar-refractivity contribution is 0.196. The van der Waals surface area contributed by atoms with E-state index < -0.39 is 6.10 Å². The molecular weight excluding hydrogens is 364 g/mol. The second kappa shape index (κ2) is 6.66. The Balaban J connectivity index is 1.78. The first-order valence-electron chi connectivity index (χ1n) is 8.57. The number of nitrogens with zero attached hydrogens (tertiary/aromatic N) is 5. The monoisotopic (exact) mass is 382 g/mol. The molecule has 1 aliphatic heterocycles. The van der Waals surface area contributed by atoms with E-state index in [1.165, 1.54) is 0 Å². The highest BCUT2D eigenvalue weighted by atomic mass is 35.5. The molecule has 2 heterocycles. The van der Waals surface area contributed by atoms with Crippen LogP contribution in [0.15, 0.2) is 53.5 Å². The molecule has 2 aromatic carbocycles. The van der Waals surface area contributed by atoms with Crippen LogP contribution in [-0.4, -0.2) is 26.2 Å². The SMILES string of the molecule is CC(C)(C)n1nnnc1C1OC(Nc2ccccc2)=Nc2cc(Cl)ccc21. The van der Waals surface area contributed by atoms with E-state index >= 15 is 0 Å². The van der Waals surface area contributed by atoms with E-state index in [1.54, 1.807) is 4.68 Å². The number of nitrogens with one attached hydrogen (secondary N) is 1. The fourth-order valence-corrected chi connectivity index (χ4v) is 3.04. The van der Waals surface area contributed by atoms with Crippen molar-refractivity contribution in [2.45, 2.75) is 32.4 Å². The Kier molecular flexibility index (Phi) is 4.31. The quantitative estimate of drug-likeness (QED) is 0.714. The van der Waals surface area contributed by atoms with E-state index in [1.807, 2.05) is 69.3 Å². The molecule has 1 atom stereocenters. The van der Waals surface area contributed by atoms with E-state index in [2.05, 4.69) is 25.8 Å². The van der Waals surface area contributed by atoms with Gasteiger partial charge in [0, 0.05) is 16.3 Å². The van der Waals surface area contributed by atoms with Gasteiger partial charge in [0.2, 0.25) is 0 Å². The van der Waals surface area contributed by atoms with Gasteiger partial charge in [-0.15, -0.1) is 5.10 Å². The third-order valence-electron chi connectivity index (χ3n) is 4.12. The number of anilines is 1. The maximum Gasteiger partial charge on any atom is 0.295 e. The zero-order valence-electron chi connectivity index (χ0n) is 15.2. The molecule has 0 saturated carbocycles. The van der Waals surface area contributed by atoms with Crippen LogP contribution >= 0.6 is 11.6 Å². The van der Waals surface area contributed by atoms with Gasteiger partial charge in [-0.25, -0.2) is 4.68 Å². The second-order valence-corrected chi connectivity index (χ2v) is 7.67. The molecule has 1 N–H and O–H groups in total. The van der Waals surface area contributed by atoms with Crippen molar-refractivity contribution in [2.75, 3.05) is 5.32 Å². The molecule has 0 spiro atoms. The molecule has 3 aromatic rings. The fourth-order valence-electron chi connectivity index (χ4n) is 2.88. The van der Waals surface area contributed by atoms with Gasteiger partial charge in [0.25, 0.3) is 6.02 Å². The third-order valence-corrected chi connectivity index (χ3v) is 4.35. The van der Waals surface area contributed by atoms with Gasteiger partial charge in [-0.2, -0.15) is 4.99 Å². The highest BCUT2D eigenvalue weighted by Crippen LogP contribution is 2.38. The lowest BCUT2D eigenvalue weighted by atomic mass is 10.0. The van der Waals surface area contributed by atoms with Gasteiger partial charge >= 0.3 is 0 Å².